The molecule has 1 saturated heterocycles. The number of piperazine rings is 1. The number of carbonyl (C=O) groups is 2. The second-order valence-electron chi connectivity index (χ2n) is 9.74. The fourth-order valence-electron chi connectivity index (χ4n) is 3.82. The average molecular weight is 540 g/mol. The van der Waals surface area contributed by atoms with Crippen LogP contribution in [-0.2, 0) is 9.53 Å². The molecule has 0 saturated carbocycles. The summed E-state index contributed by atoms with van der Waals surface area (Å²) in [5, 5.41) is 6.98. The Morgan fingerprint density at radius 3 is 2.32 bits per heavy atom. The van der Waals surface area contributed by atoms with Crippen LogP contribution in [0.5, 0.6) is 0 Å². The zero-order chi connectivity index (χ0) is 26.6. The molecule has 37 heavy (non-hydrogen) atoms. The summed E-state index contributed by atoms with van der Waals surface area (Å²) in [7, 11) is 1.90. The van der Waals surface area contributed by atoms with Crippen molar-refractivity contribution in [1.82, 2.24) is 14.2 Å². The molecule has 2 heterocycles. The van der Waals surface area contributed by atoms with Crippen LogP contribution in [0, 0.1) is 0 Å². The van der Waals surface area contributed by atoms with Crippen molar-refractivity contribution >= 4 is 46.7 Å². The van der Waals surface area contributed by atoms with Gasteiger partial charge in [0.2, 0.25) is 5.91 Å². The summed E-state index contributed by atoms with van der Waals surface area (Å²) < 4.78 is 7.77. The highest BCUT2D eigenvalue weighted by atomic mass is 32.2. The summed E-state index contributed by atoms with van der Waals surface area (Å²) in [6.45, 7) is 9.74. The van der Waals surface area contributed by atoms with Crippen LogP contribution >= 0.6 is 23.3 Å². The Labute approximate surface area is 226 Å². The first-order valence-electron chi connectivity index (χ1n) is 12.2. The first kappa shape index (κ1) is 27.0. The molecule has 10 heteroatoms. The molecular formula is C27H33N5O3S2. The number of benzene rings is 2. The maximum absolute atomic E-state index is 12.4. The molecule has 0 radical (unpaired) electrons. The first-order valence-corrected chi connectivity index (χ1v) is 13.8. The molecule has 2 amide bonds. The Balaban J connectivity index is 1.52. The third kappa shape index (κ3) is 7.24. The van der Waals surface area contributed by atoms with Gasteiger partial charge in [-0.15, -0.1) is 11.3 Å². The Kier molecular flexibility index (Phi) is 8.41. The summed E-state index contributed by atoms with van der Waals surface area (Å²) in [5.41, 5.74) is 3.42. The Morgan fingerprint density at radius 2 is 1.70 bits per heavy atom. The number of hydrogen-bond acceptors (Lipinski definition) is 8. The molecule has 1 aliphatic heterocycles. The standard InChI is InChI=1S/C27H33N5O3S2/c1-18(33)30-21-10-11-22(24-17-29-25(36-24)19-6-8-20(28-5)9-7-19)23(16-21)37-32-14-12-31(13-15-32)26(34)35-27(2,3)4/h6-11,16-17,28H,12-15H2,1-5H3,(H,30,33). The van der Waals surface area contributed by atoms with Crippen LogP contribution in [-0.4, -0.2) is 65.0 Å². The number of hydrogen-bond donors (Lipinski definition) is 2. The van der Waals surface area contributed by atoms with Gasteiger partial charge in [-0.1, -0.05) is 6.07 Å². The zero-order valence-electron chi connectivity index (χ0n) is 21.8. The lowest BCUT2D eigenvalue weighted by Crippen LogP contribution is -2.47. The number of ether oxygens (including phenoxy) is 1. The van der Waals surface area contributed by atoms with Crippen molar-refractivity contribution in [3.05, 3.63) is 48.7 Å². The summed E-state index contributed by atoms with van der Waals surface area (Å²) in [6, 6.07) is 14.2. The number of amides is 2. The van der Waals surface area contributed by atoms with E-state index in [9.17, 15) is 9.59 Å². The Bertz CT molecular complexity index is 1250. The summed E-state index contributed by atoms with van der Waals surface area (Å²) >= 11 is 3.28. The minimum atomic E-state index is -0.509. The van der Waals surface area contributed by atoms with Gasteiger partial charge >= 0.3 is 6.09 Å². The topological polar surface area (TPSA) is 86.8 Å². The van der Waals surface area contributed by atoms with Crippen molar-refractivity contribution in [3.8, 4) is 21.0 Å². The zero-order valence-corrected chi connectivity index (χ0v) is 23.5. The Hall–Kier alpha value is -3.08. The van der Waals surface area contributed by atoms with Gasteiger partial charge in [0, 0.05) is 73.7 Å². The maximum atomic E-state index is 12.4. The summed E-state index contributed by atoms with van der Waals surface area (Å²) in [4.78, 5) is 32.7. The molecule has 0 atom stereocenters. The number of rotatable bonds is 6. The second-order valence-corrected chi connectivity index (χ2v) is 11.9. The van der Waals surface area contributed by atoms with E-state index < -0.39 is 5.60 Å². The number of anilines is 2. The minimum absolute atomic E-state index is 0.111. The molecule has 0 spiro atoms. The van der Waals surface area contributed by atoms with Gasteiger partial charge in [0.05, 0.1) is 4.88 Å². The lowest BCUT2D eigenvalue weighted by atomic mass is 10.2. The number of thiazole rings is 1. The largest absolute Gasteiger partial charge is 0.444 e. The van der Waals surface area contributed by atoms with Crippen LogP contribution < -0.4 is 10.6 Å². The predicted octanol–water partition coefficient (Wildman–Crippen LogP) is 6.04. The molecule has 1 fully saturated rings. The molecular weight excluding hydrogens is 506 g/mol. The molecule has 2 aromatic carbocycles. The third-order valence-electron chi connectivity index (χ3n) is 5.61. The molecule has 8 nitrogen and oxygen atoms in total. The van der Waals surface area contributed by atoms with E-state index in [1.807, 2.05) is 64.3 Å². The maximum Gasteiger partial charge on any atom is 0.410 e. The quantitative estimate of drug-likeness (QED) is 0.370. The molecule has 0 unspecified atom stereocenters. The highest BCUT2D eigenvalue weighted by Gasteiger charge is 2.27. The lowest BCUT2D eigenvalue weighted by Gasteiger charge is -2.35. The van der Waals surface area contributed by atoms with E-state index in [1.54, 1.807) is 28.2 Å². The van der Waals surface area contributed by atoms with Gasteiger partial charge in [0.1, 0.15) is 10.6 Å². The normalized spacial score (nSPS) is 14.4. The number of aromatic nitrogens is 1. The fourth-order valence-corrected chi connectivity index (χ4v) is 5.93. The number of nitrogens with zero attached hydrogens (tertiary/aromatic N) is 3. The van der Waals surface area contributed by atoms with Gasteiger partial charge in [-0.05, 0) is 69.1 Å². The van der Waals surface area contributed by atoms with E-state index in [2.05, 4.69) is 32.1 Å². The molecule has 1 aromatic heterocycles. The van der Waals surface area contributed by atoms with E-state index in [-0.39, 0.29) is 12.0 Å². The highest BCUT2D eigenvalue weighted by Crippen LogP contribution is 2.40. The van der Waals surface area contributed by atoms with Gasteiger partial charge in [-0.25, -0.2) is 14.1 Å². The van der Waals surface area contributed by atoms with Crippen molar-refractivity contribution in [2.75, 3.05) is 43.9 Å². The van der Waals surface area contributed by atoms with Gasteiger partial charge in [0.25, 0.3) is 0 Å². The van der Waals surface area contributed by atoms with Crippen LogP contribution in [0.1, 0.15) is 27.7 Å². The first-order chi connectivity index (χ1) is 17.6. The summed E-state index contributed by atoms with van der Waals surface area (Å²) in [5.74, 6) is -0.111. The van der Waals surface area contributed by atoms with Crippen LogP contribution in [0.15, 0.2) is 53.6 Å². The molecule has 0 aliphatic carbocycles. The van der Waals surface area contributed by atoms with Crippen molar-refractivity contribution < 1.29 is 14.3 Å². The predicted molar refractivity (Wildman–Crippen MR) is 152 cm³/mol. The fraction of sp³-hybridized carbons (Fsp3) is 0.370. The van der Waals surface area contributed by atoms with Gasteiger partial charge < -0.3 is 20.3 Å². The van der Waals surface area contributed by atoms with E-state index in [1.165, 1.54) is 6.92 Å². The number of nitrogens with one attached hydrogen (secondary N) is 2. The molecule has 1 aliphatic rings. The molecule has 4 rings (SSSR count). The van der Waals surface area contributed by atoms with E-state index in [4.69, 9.17) is 4.74 Å². The van der Waals surface area contributed by atoms with Crippen LogP contribution in [0.3, 0.4) is 0 Å². The van der Waals surface area contributed by atoms with Crippen LogP contribution in [0.2, 0.25) is 0 Å². The van der Waals surface area contributed by atoms with Crippen molar-refractivity contribution in [1.29, 1.82) is 0 Å². The smallest absolute Gasteiger partial charge is 0.410 e. The SMILES string of the molecule is CNc1ccc(-c2ncc(-c3ccc(NC(C)=O)cc3SN3CCN(C(=O)OC(C)(C)C)CC3)s2)cc1. The third-order valence-corrected chi connectivity index (χ3v) is 7.85. The summed E-state index contributed by atoms with van der Waals surface area (Å²) in [6.07, 6.45) is 1.63. The Morgan fingerprint density at radius 1 is 1.03 bits per heavy atom. The van der Waals surface area contributed by atoms with Crippen molar-refractivity contribution in [2.24, 2.45) is 0 Å². The van der Waals surface area contributed by atoms with Gasteiger partial charge in [0.15, 0.2) is 0 Å². The minimum Gasteiger partial charge on any atom is -0.444 e. The monoisotopic (exact) mass is 539 g/mol. The van der Waals surface area contributed by atoms with Gasteiger partial charge in [-0.3, -0.25) is 4.79 Å². The van der Waals surface area contributed by atoms with E-state index in [0.717, 1.165) is 37.3 Å². The lowest BCUT2D eigenvalue weighted by molar-refractivity contribution is -0.114. The highest BCUT2D eigenvalue weighted by molar-refractivity contribution is 7.97. The van der Waals surface area contributed by atoms with Crippen molar-refractivity contribution in [2.45, 2.75) is 38.2 Å². The van der Waals surface area contributed by atoms with E-state index >= 15 is 0 Å². The molecule has 196 valence electrons. The molecule has 2 N–H and O–H groups in total. The van der Waals surface area contributed by atoms with Crippen molar-refractivity contribution in [3.63, 3.8) is 0 Å². The second kappa shape index (κ2) is 11.5. The molecule has 3 aromatic rings. The number of carbonyl (C=O) groups excluding carboxylic acids is 2. The van der Waals surface area contributed by atoms with Crippen LogP contribution in [0.25, 0.3) is 21.0 Å². The van der Waals surface area contributed by atoms with Crippen LogP contribution in [0.4, 0.5) is 16.2 Å². The van der Waals surface area contributed by atoms with Gasteiger partial charge in [-0.2, -0.15) is 0 Å². The average Bonchev–Trinajstić information content (AvgIpc) is 3.33. The van der Waals surface area contributed by atoms with E-state index in [0.29, 0.717) is 26.2 Å². The molecule has 0 bridgehead atoms.